The summed E-state index contributed by atoms with van der Waals surface area (Å²) in [6.45, 7) is -0.0955. The summed E-state index contributed by atoms with van der Waals surface area (Å²) in [5.74, 6) is 0. The molecule has 0 aromatic carbocycles. The van der Waals surface area contributed by atoms with E-state index in [1.165, 1.54) is 29.7 Å². The van der Waals surface area contributed by atoms with Crippen molar-refractivity contribution in [2.45, 2.75) is 11.0 Å². The molecule has 0 spiro atoms. The zero-order valence-corrected chi connectivity index (χ0v) is 12.0. The molecule has 102 valence electrons. The summed E-state index contributed by atoms with van der Waals surface area (Å²) in [4.78, 5) is 3.72. The lowest BCUT2D eigenvalue weighted by molar-refractivity contribution is 0.182. The lowest BCUT2D eigenvalue weighted by Gasteiger charge is -2.11. The van der Waals surface area contributed by atoms with Crippen LogP contribution in [-0.4, -0.2) is 25.1 Å². The Balaban J connectivity index is 2.04. The molecule has 2 heterocycles. The molecule has 0 aliphatic rings. The van der Waals surface area contributed by atoms with Crippen LogP contribution >= 0.6 is 22.9 Å². The van der Waals surface area contributed by atoms with Crippen molar-refractivity contribution in [3.8, 4) is 0 Å². The monoisotopic (exact) mass is 318 g/mol. The molecule has 5 nitrogen and oxygen atoms in total. The molecular weight excluding hydrogens is 308 g/mol. The number of nitrogens with one attached hydrogen (secondary N) is 1. The van der Waals surface area contributed by atoms with Gasteiger partial charge in [0, 0.05) is 12.7 Å². The van der Waals surface area contributed by atoms with Crippen molar-refractivity contribution < 1.29 is 13.5 Å². The van der Waals surface area contributed by atoms with Gasteiger partial charge in [-0.25, -0.2) is 18.1 Å². The Morgan fingerprint density at radius 2 is 2.21 bits per heavy atom. The fourth-order valence-corrected chi connectivity index (χ4v) is 3.18. The second kappa shape index (κ2) is 5.98. The lowest BCUT2D eigenvalue weighted by Crippen LogP contribution is -2.28. The Hall–Kier alpha value is -0.990. The van der Waals surface area contributed by atoms with Gasteiger partial charge in [0.2, 0.25) is 10.0 Å². The van der Waals surface area contributed by atoms with Gasteiger partial charge in [-0.3, -0.25) is 0 Å². The number of pyridine rings is 1. The van der Waals surface area contributed by atoms with Crippen LogP contribution in [0.1, 0.15) is 11.7 Å². The number of rotatable bonds is 5. The van der Waals surface area contributed by atoms with E-state index in [1.54, 1.807) is 11.4 Å². The third-order valence-corrected chi connectivity index (χ3v) is 4.74. The predicted molar refractivity (Wildman–Crippen MR) is 73.7 cm³/mol. The van der Waals surface area contributed by atoms with Crippen LogP contribution in [0.3, 0.4) is 0 Å². The molecule has 19 heavy (non-hydrogen) atoms. The Labute approximate surface area is 119 Å². The third kappa shape index (κ3) is 3.74. The number of hydrogen-bond donors (Lipinski definition) is 2. The zero-order chi connectivity index (χ0) is 13.9. The minimum Gasteiger partial charge on any atom is -0.387 e. The molecule has 2 aromatic rings. The number of aromatic nitrogens is 1. The molecule has 2 rings (SSSR count). The third-order valence-electron chi connectivity index (χ3n) is 2.41. The van der Waals surface area contributed by atoms with Gasteiger partial charge in [0.25, 0.3) is 0 Å². The number of thiophene rings is 1. The van der Waals surface area contributed by atoms with E-state index in [4.69, 9.17) is 11.6 Å². The van der Waals surface area contributed by atoms with E-state index in [0.717, 1.165) is 0 Å². The van der Waals surface area contributed by atoms with Crippen LogP contribution in [0.15, 0.2) is 40.1 Å². The topological polar surface area (TPSA) is 79.3 Å². The first kappa shape index (κ1) is 14.4. The maximum absolute atomic E-state index is 11.9. The van der Waals surface area contributed by atoms with E-state index in [1.807, 2.05) is 5.38 Å². The van der Waals surface area contributed by atoms with Crippen LogP contribution in [0.4, 0.5) is 0 Å². The van der Waals surface area contributed by atoms with Gasteiger partial charge < -0.3 is 5.11 Å². The summed E-state index contributed by atoms with van der Waals surface area (Å²) in [6.07, 6.45) is 0.294. The Kier molecular flexibility index (Phi) is 4.54. The Bertz CT molecular complexity index is 626. The first-order valence-electron chi connectivity index (χ1n) is 5.30. The highest BCUT2D eigenvalue weighted by Crippen LogP contribution is 2.16. The average molecular weight is 319 g/mol. The summed E-state index contributed by atoms with van der Waals surface area (Å²) in [5, 5.41) is 13.6. The summed E-state index contributed by atoms with van der Waals surface area (Å²) >= 11 is 7.03. The highest BCUT2D eigenvalue weighted by molar-refractivity contribution is 7.89. The average Bonchev–Trinajstić information content (AvgIpc) is 2.90. The van der Waals surface area contributed by atoms with Gasteiger partial charge in [-0.05, 0) is 34.5 Å². The number of halogens is 1. The van der Waals surface area contributed by atoms with Crippen molar-refractivity contribution in [3.63, 3.8) is 0 Å². The van der Waals surface area contributed by atoms with Crippen molar-refractivity contribution in [1.29, 1.82) is 0 Å². The molecule has 0 aliphatic heterocycles. The molecule has 1 atom stereocenters. The first-order chi connectivity index (χ1) is 8.99. The standard InChI is InChI=1S/C11H11ClN2O3S2/c12-11-2-1-9(5-13-11)19(16,17)14-6-10(15)8-3-4-18-7-8/h1-5,7,10,14-15H,6H2. The summed E-state index contributed by atoms with van der Waals surface area (Å²) < 4.78 is 26.2. The fourth-order valence-electron chi connectivity index (χ4n) is 1.38. The minimum absolute atomic E-state index is 0.00872. The molecule has 0 saturated carbocycles. The van der Waals surface area contributed by atoms with Crippen LogP contribution in [-0.2, 0) is 10.0 Å². The van der Waals surface area contributed by atoms with E-state index < -0.39 is 16.1 Å². The predicted octanol–water partition coefficient (Wildman–Crippen LogP) is 1.81. The van der Waals surface area contributed by atoms with Crippen molar-refractivity contribution in [3.05, 3.63) is 45.9 Å². The van der Waals surface area contributed by atoms with Crippen LogP contribution in [0.25, 0.3) is 0 Å². The van der Waals surface area contributed by atoms with Crippen molar-refractivity contribution in [2.75, 3.05) is 6.54 Å². The number of hydrogen-bond acceptors (Lipinski definition) is 5. The van der Waals surface area contributed by atoms with Crippen molar-refractivity contribution in [1.82, 2.24) is 9.71 Å². The molecule has 0 aliphatic carbocycles. The van der Waals surface area contributed by atoms with E-state index in [9.17, 15) is 13.5 Å². The van der Waals surface area contributed by atoms with E-state index in [2.05, 4.69) is 9.71 Å². The molecule has 0 bridgehead atoms. The largest absolute Gasteiger partial charge is 0.387 e. The molecule has 0 radical (unpaired) electrons. The fraction of sp³-hybridized carbons (Fsp3) is 0.182. The normalized spacial score (nSPS) is 13.4. The molecule has 8 heteroatoms. The van der Waals surface area contributed by atoms with Gasteiger partial charge >= 0.3 is 0 Å². The molecule has 0 amide bonds. The highest BCUT2D eigenvalue weighted by Gasteiger charge is 2.17. The van der Waals surface area contributed by atoms with Crippen LogP contribution in [0, 0.1) is 0 Å². The second-order valence-corrected chi connectivity index (χ2v) is 6.68. The van der Waals surface area contributed by atoms with Crippen molar-refractivity contribution in [2.24, 2.45) is 0 Å². The quantitative estimate of drug-likeness (QED) is 0.824. The van der Waals surface area contributed by atoms with Crippen LogP contribution < -0.4 is 4.72 Å². The van der Waals surface area contributed by atoms with Crippen molar-refractivity contribution >= 4 is 33.0 Å². The highest BCUT2D eigenvalue weighted by atomic mass is 35.5. The van der Waals surface area contributed by atoms with Gasteiger partial charge in [-0.15, -0.1) is 0 Å². The Morgan fingerprint density at radius 1 is 1.42 bits per heavy atom. The zero-order valence-electron chi connectivity index (χ0n) is 9.65. The molecule has 2 aromatic heterocycles. The van der Waals surface area contributed by atoms with Gasteiger partial charge in [-0.1, -0.05) is 11.6 Å². The summed E-state index contributed by atoms with van der Waals surface area (Å²) in [5.41, 5.74) is 0.682. The molecule has 1 unspecified atom stereocenters. The first-order valence-corrected chi connectivity index (χ1v) is 8.11. The van der Waals surface area contributed by atoms with Gasteiger partial charge in [-0.2, -0.15) is 11.3 Å². The van der Waals surface area contributed by atoms with E-state index >= 15 is 0 Å². The van der Waals surface area contributed by atoms with Crippen LogP contribution in [0.2, 0.25) is 5.15 Å². The smallest absolute Gasteiger partial charge is 0.242 e. The minimum atomic E-state index is -3.69. The van der Waals surface area contributed by atoms with E-state index in [0.29, 0.717) is 5.56 Å². The summed E-state index contributed by atoms with van der Waals surface area (Å²) in [6, 6.07) is 4.49. The molecular formula is C11H11ClN2O3S2. The van der Waals surface area contributed by atoms with E-state index in [-0.39, 0.29) is 16.6 Å². The van der Waals surface area contributed by atoms with Crippen LogP contribution in [0.5, 0.6) is 0 Å². The van der Waals surface area contributed by atoms with Gasteiger partial charge in [0.15, 0.2) is 0 Å². The molecule has 0 fully saturated rings. The lowest BCUT2D eigenvalue weighted by atomic mass is 10.2. The maximum atomic E-state index is 11.9. The second-order valence-electron chi connectivity index (χ2n) is 3.74. The Morgan fingerprint density at radius 3 is 2.79 bits per heavy atom. The number of aliphatic hydroxyl groups excluding tert-OH is 1. The maximum Gasteiger partial charge on any atom is 0.242 e. The SMILES string of the molecule is O=S(=O)(NCC(O)c1ccsc1)c1ccc(Cl)nc1. The molecule has 0 saturated heterocycles. The number of aliphatic hydroxyl groups is 1. The van der Waals surface area contributed by atoms with Gasteiger partial charge in [0.1, 0.15) is 10.0 Å². The number of nitrogens with zero attached hydrogens (tertiary/aromatic N) is 1. The van der Waals surface area contributed by atoms with Gasteiger partial charge in [0.05, 0.1) is 6.10 Å². The summed E-state index contributed by atoms with van der Waals surface area (Å²) in [7, 11) is -3.69. The molecule has 2 N–H and O–H groups in total. The number of sulfonamides is 1.